The molecule has 0 N–H and O–H groups in total. The van der Waals surface area contributed by atoms with Crippen LogP contribution in [0.5, 0.6) is 0 Å². The van der Waals surface area contributed by atoms with E-state index in [1.807, 2.05) is 39.8 Å². The van der Waals surface area contributed by atoms with Crippen LogP contribution in [-0.2, 0) is 0 Å². The van der Waals surface area contributed by atoms with Gasteiger partial charge in [0.2, 0.25) is 6.20 Å². The Hall–Kier alpha value is -2.36. The van der Waals surface area contributed by atoms with Gasteiger partial charge in [0.15, 0.2) is 0 Å². The zero-order valence-electron chi connectivity index (χ0n) is 12.0. The van der Waals surface area contributed by atoms with Crippen LogP contribution in [0.4, 0.5) is 0 Å². The quantitative estimate of drug-likeness (QED) is 0.464. The molecule has 4 heteroatoms. The Balaban J connectivity index is 2.71. The van der Waals surface area contributed by atoms with Crippen LogP contribution in [0.25, 0.3) is 21.8 Å². The summed E-state index contributed by atoms with van der Waals surface area (Å²) in [6, 6.07) is 3.86. The summed E-state index contributed by atoms with van der Waals surface area (Å²) in [5.41, 5.74) is 4.81. The van der Waals surface area contributed by atoms with E-state index in [-0.39, 0.29) is 0 Å². The Morgan fingerprint density at radius 2 is 1.60 bits per heavy atom. The average Bonchev–Trinajstić information content (AvgIpc) is 2.41. The summed E-state index contributed by atoms with van der Waals surface area (Å²) in [4.78, 5) is 12.3. The van der Waals surface area contributed by atoms with Crippen molar-refractivity contribution in [1.82, 2.24) is 4.73 Å². The van der Waals surface area contributed by atoms with E-state index < -0.39 is 0 Å². The van der Waals surface area contributed by atoms with Gasteiger partial charge in [0, 0.05) is 22.1 Å². The standard InChI is InChI=1S/C16H16N2O2/c1-9-7-17(19)15-13(11(9)3)5-6-14-12(4)10(2)8-18(20)16(14)15/h5-8H,1-4H3. The molecule has 0 saturated carbocycles. The molecule has 3 aromatic rings. The number of hydrogen-bond donors (Lipinski definition) is 0. The highest BCUT2D eigenvalue weighted by Gasteiger charge is 2.18. The topological polar surface area (TPSA) is 51.0 Å². The van der Waals surface area contributed by atoms with Crippen LogP contribution in [0.3, 0.4) is 0 Å². The van der Waals surface area contributed by atoms with Gasteiger partial charge in [0.05, 0.1) is 9.81 Å². The molecule has 0 aliphatic carbocycles. The molecule has 0 aliphatic heterocycles. The molecule has 0 spiro atoms. The van der Waals surface area contributed by atoms with Gasteiger partial charge in [-0.3, -0.25) is 0 Å². The van der Waals surface area contributed by atoms with E-state index >= 15 is 0 Å². The fourth-order valence-corrected chi connectivity index (χ4v) is 2.73. The Bertz CT molecular complexity index is 924. The Labute approximate surface area is 116 Å². The number of rotatable bonds is 0. The van der Waals surface area contributed by atoms with E-state index in [4.69, 9.17) is 0 Å². The summed E-state index contributed by atoms with van der Waals surface area (Å²) in [5, 5.41) is 13.9. The largest absolute Gasteiger partial charge is 0.805 e. The second kappa shape index (κ2) is 4.07. The molecular weight excluding hydrogens is 252 g/mol. The summed E-state index contributed by atoms with van der Waals surface area (Å²) in [7, 11) is 0. The molecular formula is C16H16N2O2. The van der Waals surface area contributed by atoms with Gasteiger partial charge in [-0.25, -0.2) is 0 Å². The smallest absolute Gasteiger partial charge is 0.293 e. The SMILES string of the molecule is Cc1cn([O-])c2c(ccc3c(C)c(C)c[n+](=O)c32)c1C. The molecule has 102 valence electrons. The molecule has 0 unspecified atom stereocenters. The summed E-state index contributed by atoms with van der Waals surface area (Å²) >= 11 is 0. The van der Waals surface area contributed by atoms with E-state index in [1.54, 1.807) is 0 Å². The number of pyridine rings is 2. The molecule has 2 aromatic heterocycles. The number of nitrogens with zero attached hydrogens (tertiary/aromatic N) is 2. The molecule has 0 amide bonds. The van der Waals surface area contributed by atoms with Crippen molar-refractivity contribution in [3.8, 4) is 0 Å². The summed E-state index contributed by atoms with van der Waals surface area (Å²) in [5.74, 6) is 0. The third-order valence-electron chi connectivity index (χ3n) is 4.20. The Morgan fingerprint density at radius 3 is 2.30 bits per heavy atom. The second-order valence-corrected chi connectivity index (χ2v) is 5.38. The first-order valence-electron chi connectivity index (χ1n) is 6.57. The lowest BCUT2D eigenvalue weighted by molar-refractivity contribution is -0.463. The van der Waals surface area contributed by atoms with E-state index in [1.165, 1.54) is 12.4 Å². The Kier molecular flexibility index (Phi) is 2.57. The summed E-state index contributed by atoms with van der Waals surface area (Å²) in [6.45, 7) is 7.75. The highest BCUT2D eigenvalue weighted by Crippen LogP contribution is 2.28. The number of fused-ring (bicyclic) bond motifs is 3. The van der Waals surface area contributed by atoms with Crippen LogP contribution in [-0.4, -0.2) is 4.73 Å². The minimum Gasteiger partial charge on any atom is -0.805 e. The maximum atomic E-state index is 12.3. The molecule has 3 rings (SSSR count). The van der Waals surface area contributed by atoms with Crippen molar-refractivity contribution in [1.29, 1.82) is 0 Å². The fourth-order valence-electron chi connectivity index (χ4n) is 2.73. The van der Waals surface area contributed by atoms with E-state index in [2.05, 4.69) is 0 Å². The van der Waals surface area contributed by atoms with Gasteiger partial charge in [-0.15, -0.1) is 0 Å². The van der Waals surface area contributed by atoms with Crippen LogP contribution in [0, 0.1) is 37.8 Å². The second-order valence-electron chi connectivity index (χ2n) is 5.38. The van der Waals surface area contributed by atoms with Gasteiger partial charge in [-0.2, -0.15) is 0 Å². The number of benzene rings is 1. The van der Waals surface area contributed by atoms with Crippen LogP contribution in [0.15, 0.2) is 24.5 Å². The van der Waals surface area contributed by atoms with Crippen molar-refractivity contribution in [2.45, 2.75) is 27.7 Å². The predicted octanol–water partition coefficient (Wildman–Crippen LogP) is 3.29. The van der Waals surface area contributed by atoms with Crippen molar-refractivity contribution in [2.24, 2.45) is 0 Å². The van der Waals surface area contributed by atoms with Crippen LogP contribution in [0.1, 0.15) is 22.3 Å². The van der Waals surface area contributed by atoms with Crippen LogP contribution >= 0.6 is 0 Å². The molecule has 20 heavy (non-hydrogen) atoms. The van der Waals surface area contributed by atoms with Gasteiger partial charge < -0.3 is 9.94 Å². The first-order chi connectivity index (χ1) is 9.41. The summed E-state index contributed by atoms with van der Waals surface area (Å²) in [6.07, 6.45) is 3.07. The van der Waals surface area contributed by atoms with Gasteiger partial charge in [-0.05, 0) is 50.5 Å². The Morgan fingerprint density at radius 1 is 1.00 bits per heavy atom. The van der Waals surface area contributed by atoms with E-state index in [0.717, 1.165) is 42.2 Å². The van der Waals surface area contributed by atoms with Crippen LogP contribution in [0.2, 0.25) is 0 Å². The maximum Gasteiger partial charge on any atom is 0.293 e. The fraction of sp³-hybridized carbons (Fsp3) is 0.250. The summed E-state index contributed by atoms with van der Waals surface area (Å²) < 4.78 is 1.62. The predicted molar refractivity (Wildman–Crippen MR) is 80.5 cm³/mol. The van der Waals surface area contributed by atoms with E-state index in [9.17, 15) is 10.1 Å². The lowest BCUT2D eigenvalue weighted by Crippen LogP contribution is -2.17. The zero-order chi connectivity index (χ0) is 14.6. The molecule has 0 fully saturated rings. The van der Waals surface area contributed by atoms with Gasteiger partial charge in [-0.1, -0.05) is 6.07 Å². The molecule has 0 aliphatic rings. The molecule has 0 atom stereocenters. The van der Waals surface area contributed by atoms with Crippen molar-refractivity contribution < 1.29 is 4.43 Å². The lowest BCUT2D eigenvalue weighted by atomic mass is 10.00. The number of hydrogen-bond acceptors (Lipinski definition) is 2. The van der Waals surface area contributed by atoms with Gasteiger partial charge in [0.25, 0.3) is 5.52 Å². The van der Waals surface area contributed by atoms with E-state index in [0.29, 0.717) is 11.0 Å². The highest BCUT2D eigenvalue weighted by molar-refractivity contribution is 6.04. The molecule has 0 radical (unpaired) electrons. The third kappa shape index (κ3) is 1.54. The molecule has 1 aromatic carbocycles. The normalized spacial score (nSPS) is 11.4. The minimum absolute atomic E-state index is 0.448. The van der Waals surface area contributed by atoms with Gasteiger partial charge in [0.1, 0.15) is 5.52 Å². The van der Waals surface area contributed by atoms with Crippen molar-refractivity contribution in [3.63, 3.8) is 0 Å². The first kappa shape index (κ1) is 12.7. The third-order valence-corrected chi connectivity index (χ3v) is 4.20. The minimum atomic E-state index is 0.448. The number of aryl methyl sites for hydroxylation is 4. The molecule has 0 bridgehead atoms. The molecule has 4 nitrogen and oxygen atoms in total. The number of aromatic nitrogens is 2. The first-order valence-corrected chi connectivity index (χ1v) is 6.57. The van der Waals surface area contributed by atoms with Crippen molar-refractivity contribution in [3.05, 3.63) is 56.9 Å². The lowest BCUT2D eigenvalue weighted by Gasteiger charge is -2.18. The van der Waals surface area contributed by atoms with Crippen molar-refractivity contribution >= 4 is 21.8 Å². The van der Waals surface area contributed by atoms with Crippen molar-refractivity contribution in [2.75, 3.05) is 0 Å². The molecule has 0 saturated heterocycles. The maximum absolute atomic E-state index is 12.3. The van der Waals surface area contributed by atoms with Gasteiger partial charge >= 0.3 is 0 Å². The highest BCUT2D eigenvalue weighted by atomic mass is 16.5. The molecule has 2 heterocycles. The monoisotopic (exact) mass is 268 g/mol. The van der Waals surface area contributed by atoms with Crippen LogP contribution < -0.4 is 4.43 Å². The zero-order valence-corrected chi connectivity index (χ0v) is 12.0. The average molecular weight is 268 g/mol.